The number of carboxylic acid groups (broad SMARTS) is 1. The van der Waals surface area contributed by atoms with Crippen LogP contribution in [0.15, 0.2) is 118 Å². The molecule has 16 nitrogen and oxygen atoms in total. The molecule has 0 fully saturated rings. The van der Waals surface area contributed by atoms with Gasteiger partial charge in [0.25, 0.3) is 40.5 Å². The first-order valence-electron chi connectivity index (χ1n) is 21.7. The van der Waals surface area contributed by atoms with Gasteiger partial charge in [-0.15, -0.1) is 0 Å². The van der Waals surface area contributed by atoms with E-state index in [9.17, 15) is 61.8 Å². The minimum absolute atomic E-state index is 0.0221. The van der Waals surface area contributed by atoms with Gasteiger partial charge < -0.3 is 10.0 Å². The zero-order valence-corrected chi connectivity index (χ0v) is 40.3. The Kier molecular flexibility index (Phi) is 17.2. The lowest BCUT2D eigenvalue weighted by atomic mass is 9.75. The second-order valence-electron chi connectivity index (χ2n) is 17.2. The van der Waals surface area contributed by atoms with Gasteiger partial charge in [-0.2, -0.15) is 38.2 Å². The molecule has 1 aliphatic carbocycles. The van der Waals surface area contributed by atoms with Crippen molar-refractivity contribution in [1.82, 2.24) is 0 Å². The third kappa shape index (κ3) is 13.8. The van der Waals surface area contributed by atoms with E-state index in [-0.39, 0.29) is 41.9 Å². The fourth-order valence-electron chi connectivity index (χ4n) is 9.09. The highest BCUT2D eigenvalue weighted by Gasteiger charge is 2.48. The number of allylic oxidation sites excluding steroid dienone is 12. The highest BCUT2D eigenvalue weighted by Crippen LogP contribution is 2.52. The van der Waals surface area contributed by atoms with E-state index in [1.807, 2.05) is 79.5 Å². The Morgan fingerprint density at radius 1 is 0.682 bits per heavy atom. The quantitative estimate of drug-likeness (QED) is 0.0380. The van der Waals surface area contributed by atoms with Gasteiger partial charge in [0.2, 0.25) is 5.69 Å². The van der Waals surface area contributed by atoms with Crippen molar-refractivity contribution in [3.05, 3.63) is 120 Å². The van der Waals surface area contributed by atoms with Crippen molar-refractivity contribution < 1.29 is 66.4 Å². The van der Waals surface area contributed by atoms with Crippen LogP contribution in [0.3, 0.4) is 0 Å². The molecule has 360 valence electrons. The first kappa shape index (κ1) is 52.4. The summed E-state index contributed by atoms with van der Waals surface area (Å²) in [6, 6.07) is 8.65. The fourth-order valence-corrected chi connectivity index (χ4v) is 11.2. The summed E-state index contributed by atoms with van der Waals surface area (Å²) in [7, 11) is -17.8. The van der Waals surface area contributed by atoms with Crippen LogP contribution < -0.4 is 4.90 Å². The van der Waals surface area contributed by atoms with E-state index in [1.165, 1.54) is 24.3 Å². The largest absolute Gasteiger partial charge is 0.481 e. The van der Waals surface area contributed by atoms with Crippen LogP contribution in [0.4, 0.5) is 11.4 Å². The molecule has 0 spiro atoms. The molecule has 5 rings (SSSR count). The first-order chi connectivity index (χ1) is 30.8. The highest BCUT2D eigenvalue weighted by atomic mass is 32.2. The summed E-state index contributed by atoms with van der Waals surface area (Å²) in [4.78, 5) is 12.6. The summed E-state index contributed by atoms with van der Waals surface area (Å²) in [5, 5.41) is 9.24. The summed E-state index contributed by atoms with van der Waals surface area (Å²) < 4.78 is 138. The number of aliphatic carboxylic acids is 1. The van der Waals surface area contributed by atoms with E-state index in [2.05, 4.69) is 4.58 Å². The molecule has 2 unspecified atom stereocenters. The lowest BCUT2D eigenvalue weighted by Gasteiger charge is -2.30. The summed E-state index contributed by atoms with van der Waals surface area (Å²) in [6.07, 6.45) is 23.4. The van der Waals surface area contributed by atoms with Crippen LogP contribution in [0, 0.1) is 0 Å². The van der Waals surface area contributed by atoms with Gasteiger partial charge in [0, 0.05) is 53.9 Å². The maximum absolute atomic E-state index is 12.5. The van der Waals surface area contributed by atoms with Crippen molar-refractivity contribution in [3.8, 4) is 0 Å². The van der Waals surface area contributed by atoms with Crippen LogP contribution in [0.25, 0.3) is 0 Å². The lowest BCUT2D eigenvalue weighted by Crippen LogP contribution is -2.32. The van der Waals surface area contributed by atoms with Crippen LogP contribution in [0.2, 0.25) is 0 Å². The van der Waals surface area contributed by atoms with E-state index in [0.29, 0.717) is 86.2 Å². The molecule has 0 saturated carbocycles. The maximum atomic E-state index is 12.5. The Bertz CT molecular complexity index is 2840. The number of unbranched alkanes of at least 4 members (excludes halogenated alkanes) is 4. The van der Waals surface area contributed by atoms with E-state index in [0.717, 1.165) is 11.3 Å². The van der Waals surface area contributed by atoms with Crippen LogP contribution in [0.1, 0.15) is 102 Å². The maximum Gasteiger partial charge on any atom is 0.303 e. The van der Waals surface area contributed by atoms with Gasteiger partial charge in [-0.3, -0.25) is 23.0 Å². The minimum atomic E-state index is -4.65. The third-order valence-corrected chi connectivity index (χ3v) is 15.7. The van der Waals surface area contributed by atoms with E-state index in [4.69, 9.17) is 0 Å². The monoisotopic (exact) mass is 991 g/mol. The number of nitrogens with zero attached hydrogens (tertiary/aromatic N) is 2. The van der Waals surface area contributed by atoms with Crippen LogP contribution in [0.5, 0.6) is 0 Å². The van der Waals surface area contributed by atoms with Gasteiger partial charge in [-0.05, 0) is 106 Å². The molecule has 0 bridgehead atoms. The van der Waals surface area contributed by atoms with Crippen molar-refractivity contribution >= 4 is 63.5 Å². The average molecular weight is 992 g/mol. The lowest BCUT2D eigenvalue weighted by molar-refractivity contribution is -0.438. The summed E-state index contributed by atoms with van der Waals surface area (Å²) in [5.41, 5.74) is 2.94. The van der Waals surface area contributed by atoms with Crippen LogP contribution >= 0.6 is 0 Å². The van der Waals surface area contributed by atoms with Crippen molar-refractivity contribution in [2.75, 3.05) is 29.5 Å². The van der Waals surface area contributed by atoms with Crippen LogP contribution in [-0.4, -0.2) is 97.8 Å². The topological polar surface area (TPSA) is 261 Å². The Balaban J connectivity index is 1.67. The SMILES string of the molecule is CC1(CCCCS(=O)(=O)O)C(/C=C/C=C2/N(CCCCCC(=O)O)c3ccc(S(=O)(=O)O)cc3C2(C)CCCCS(=O)(=O)O)=[N+](CCCC2=C/C=C\C=C/C=C2)c2ccc(S(=O)(=O)O)cc21. The van der Waals surface area contributed by atoms with Gasteiger partial charge in [-0.1, -0.05) is 67.9 Å². The molecule has 3 aliphatic rings. The Labute approximate surface area is 388 Å². The molecule has 2 aromatic carbocycles. The number of hydrogen-bond donors (Lipinski definition) is 5. The molecular formula is C46H59N2O14S4+. The Morgan fingerprint density at radius 3 is 1.89 bits per heavy atom. The molecule has 2 aromatic rings. The standard InChI is InChI=1S/C46H58N2O14S4/c1-45(27-10-13-31-63(51,52)53)38-33-36(65(57,58)59)23-25-40(38)47(29-12-6-9-22-44(49)50)42(45)20-15-21-43-46(2,28-11-14-32-64(54,55)56)39-34-37(66(60,61)62)24-26-41(39)48(43)30-16-19-35-17-7-4-3-5-8-18-35/h3-5,7-8,15,17-18,20-21,23-26,33-34H,6,9-14,16,19,22,27-32H2,1-2H3,(H4-,49,50,51,52,53,54,55,56,57,58,59,60,61,62)/p+1/b4-3-,5-3?,7-4?,8-5-,17-7?,18-8?,35-17?,35-18?. The predicted octanol–water partition coefficient (Wildman–Crippen LogP) is 7.90. The Hall–Kier alpha value is -4.54. The second kappa shape index (κ2) is 21.6. The number of fused-ring (bicyclic) bond motifs is 2. The van der Waals surface area contributed by atoms with Gasteiger partial charge in [-0.25, -0.2) is 0 Å². The van der Waals surface area contributed by atoms with Crippen molar-refractivity contribution in [3.63, 3.8) is 0 Å². The van der Waals surface area contributed by atoms with Gasteiger partial charge >= 0.3 is 5.97 Å². The Morgan fingerprint density at radius 2 is 1.27 bits per heavy atom. The number of carboxylic acids is 1. The number of anilines is 1. The highest BCUT2D eigenvalue weighted by molar-refractivity contribution is 7.86. The normalized spacial score (nSPS) is 21.5. The molecule has 2 heterocycles. The average Bonchev–Trinajstić information content (AvgIpc) is 3.57. The summed E-state index contributed by atoms with van der Waals surface area (Å²) >= 11 is 0. The number of benzene rings is 2. The third-order valence-electron chi connectivity index (χ3n) is 12.4. The molecule has 0 aromatic heterocycles. The van der Waals surface area contributed by atoms with Gasteiger partial charge in [0.1, 0.15) is 6.54 Å². The molecule has 5 N–H and O–H groups in total. The molecule has 0 radical (unpaired) electrons. The van der Waals surface area contributed by atoms with Crippen molar-refractivity contribution in [2.24, 2.45) is 0 Å². The summed E-state index contributed by atoms with van der Waals surface area (Å²) in [5.74, 6) is -1.90. The van der Waals surface area contributed by atoms with Crippen molar-refractivity contribution in [2.45, 2.75) is 112 Å². The van der Waals surface area contributed by atoms with E-state index in [1.54, 1.807) is 12.1 Å². The second-order valence-corrected chi connectivity index (χ2v) is 23.2. The van der Waals surface area contributed by atoms with E-state index < -0.39 is 68.8 Å². The van der Waals surface area contributed by atoms with Crippen LogP contribution in [-0.2, 0) is 56.1 Å². The smallest absolute Gasteiger partial charge is 0.303 e. The number of rotatable bonds is 24. The molecule has 20 heteroatoms. The fraction of sp³-hybridized carbons (Fsp3) is 0.435. The molecule has 2 aliphatic heterocycles. The van der Waals surface area contributed by atoms with E-state index >= 15 is 0 Å². The molecule has 2 atom stereocenters. The van der Waals surface area contributed by atoms with Gasteiger partial charge in [0.15, 0.2) is 5.71 Å². The zero-order chi connectivity index (χ0) is 48.6. The molecule has 0 saturated heterocycles. The molecular weight excluding hydrogens is 933 g/mol. The molecule has 66 heavy (non-hydrogen) atoms. The van der Waals surface area contributed by atoms with Crippen molar-refractivity contribution in [1.29, 1.82) is 0 Å². The summed E-state index contributed by atoms with van der Waals surface area (Å²) in [6.45, 7) is 4.62. The minimum Gasteiger partial charge on any atom is -0.481 e. The molecule has 0 amide bonds. The number of carbonyl (C=O) groups is 1. The zero-order valence-electron chi connectivity index (χ0n) is 37.0. The number of hydrogen-bond acceptors (Lipinski definition) is 10. The predicted molar refractivity (Wildman–Crippen MR) is 253 cm³/mol. The first-order valence-corrected chi connectivity index (χ1v) is 27.8. The van der Waals surface area contributed by atoms with Gasteiger partial charge in [0.05, 0.1) is 26.7 Å².